The number of nitrogens with zero attached hydrogens (tertiary/aromatic N) is 3. The maximum absolute atomic E-state index is 12.5. The molecule has 1 fully saturated rings. The number of rotatable bonds is 4. The molecule has 8 nitrogen and oxygen atoms in total. The summed E-state index contributed by atoms with van der Waals surface area (Å²) in [6.45, 7) is 3.52. The lowest BCUT2D eigenvalue weighted by molar-refractivity contribution is -0.384. The van der Waals surface area contributed by atoms with Crippen LogP contribution in [0.25, 0.3) is 0 Å². The Labute approximate surface area is 147 Å². The van der Waals surface area contributed by atoms with E-state index in [-0.39, 0.29) is 29.5 Å². The van der Waals surface area contributed by atoms with E-state index in [0.717, 1.165) is 0 Å². The molecule has 2 heterocycles. The Hall–Kier alpha value is -2.68. The van der Waals surface area contributed by atoms with E-state index in [1.807, 2.05) is 0 Å². The molecule has 25 heavy (non-hydrogen) atoms. The zero-order valence-corrected chi connectivity index (χ0v) is 14.4. The van der Waals surface area contributed by atoms with Gasteiger partial charge in [0.15, 0.2) is 5.17 Å². The Bertz CT molecular complexity index is 833. The molecule has 0 spiro atoms. The maximum Gasteiger partial charge on any atom is 0.338 e. The van der Waals surface area contributed by atoms with E-state index in [2.05, 4.69) is 4.99 Å². The van der Waals surface area contributed by atoms with Gasteiger partial charge in [0.05, 0.1) is 22.9 Å². The first-order valence-electron chi connectivity index (χ1n) is 7.59. The summed E-state index contributed by atoms with van der Waals surface area (Å²) in [5.74, 6) is -0.488. The number of aliphatic imine (C=N–C) groups is 1. The van der Waals surface area contributed by atoms with Crippen molar-refractivity contribution >= 4 is 34.5 Å². The van der Waals surface area contributed by atoms with Crippen molar-refractivity contribution in [3.8, 4) is 0 Å². The summed E-state index contributed by atoms with van der Waals surface area (Å²) in [5, 5.41) is 11.5. The number of fused-ring (bicyclic) bond motifs is 1. The number of carbonyl (C=O) groups is 2. The van der Waals surface area contributed by atoms with Crippen molar-refractivity contribution in [3.05, 3.63) is 51.2 Å². The van der Waals surface area contributed by atoms with Crippen LogP contribution in [-0.4, -0.2) is 39.2 Å². The predicted octanol–water partition coefficient (Wildman–Crippen LogP) is 2.42. The van der Waals surface area contributed by atoms with Crippen LogP contribution in [0.5, 0.6) is 0 Å². The highest BCUT2D eigenvalue weighted by molar-refractivity contribution is 8.15. The zero-order valence-electron chi connectivity index (χ0n) is 13.6. The third-order valence-corrected chi connectivity index (χ3v) is 4.83. The quantitative estimate of drug-likeness (QED) is 0.464. The molecule has 3 rings (SSSR count). The largest absolute Gasteiger partial charge is 0.463 e. The molecule has 1 amide bonds. The Kier molecular flexibility index (Phi) is 4.58. The van der Waals surface area contributed by atoms with E-state index in [9.17, 15) is 19.7 Å². The zero-order chi connectivity index (χ0) is 18.1. The van der Waals surface area contributed by atoms with Gasteiger partial charge in [-0.2, -0.15) is 0 Å². The number of hydrogen-bond acceptors (Lipinski definition) is 7. The van der Waals surface area contributed by atoms with Gasteiger partial charge < -0.3 is 4.74 Å². The molecule has 0 bridgehead atoms. The molecule has 9 heteroatoms. The Morgan fingerprint density at radius 1 is 1.52 bits per heavy atom. The van der Waals surface area contributed by atoms with Gasteiger partial charge in [-0.15, -0.1) is 0 Å². The molecule has 0 unspecified atom stereocenters. The van der Waals surface area contributed by atoms with Crippen molar-refractivity contribution in [2.45, 2.75) is 19.9 Å². The first-order valence-corrected chi connectivity index (χ1v) is 8.58. The van der Waals surface area contributed by atoms with Crippen LogP contribution in [0.3, 0.4) is 0 Å². The summed E-state index contributed by atoms with van der Waals surface area (Å²) in [7, 11) is 0. The van der Waals surface area contributed by atoms with Crippen LogP contribution in [-0.2, 0) is 14.3 Å². The number of allylic oxidation sites excluding steroid dienone is 1. The molecular formula is C16H15N3O5S. The Balaban J connectivity index is 2.12. The Morgan fingerprint density at radius 3 is 2.96 bits per heavy atom. The molecular weight excluding hydrogens is 346 g/mol. The van der Waals surface area contributed by atoms with Crippen LogP contribution in [0, 0.1) is 10.1 Å². The van der Waals surface area contributed by atoms with Crippen molar-refractivity contribution in [3.63, 3.8) is 0 Å². The lowest BCUT2D eigenvalue weighted by Gasteiger charge is -2.29. The first-order chi connectivity index (χ1) is 11.9. The van der Waals surface area contributed by atoms with Crippen LogP contribution in [0.2, 0.25) is 0 Å². The second kappa shape index (κ2) is 6.67. The van der Waals surface area contributed by atoms with Crippen LogP contribution in [0.4, 0.5) is 5.69 Å². The molecule has 0 aliphatic carbocycles. The fourth-order valence-electron chi connectivity index (χ4n) is 2.80. The van der Waals surface area contributed by atoms with Gasteiger partial charge in [-0.25, -0.2) is 9.79 Å². The van der Waals surface area contributed by atoms with E-state index in [1.165, 1.54) is 28.8 Å². The van der Waals surface area contributed by atoms with Gasteiger partial charge in [0.1, 0.15) is 6.04 Å². The van der Waals surface area contributed by atoms with Crippen molar-refractivity contribution in [2.24, 2.45) is 4.99 Å². The average Bonchev–Trinajstić information content (AvgIpc) is 2.96. The fourth-order valence-corrected chi connectivity index (χ4v) is 3.73. The monoisotopic (exact) mass is 361 g/mol. The molecule has 1 aromatic carbocycles. The van der Waals surface area contributed by atoms with E-state index in [0.29, 0.717) is 16.4 Å². The average molecular weight is 361 g/mol. The van der Waals surface area contributed by atoms with Crippen LogP contribution < -0.4 is 0 Å². The number of thioether (sulfide) groups is 1. The topological polar surface area (TPSA) is 102 Å². The second-order valence-electron chi connectivity index (χ2n) is 5.40. The van der Waals surface area contributed by atoms with Gasteiger partial charge in [0.2, 0.25) is 5.91 Å². The molecule has 1 aromatic rings. The lowest BCUT2D eigenvalue weighted by atomic mass is 9.95. The number of esters is 1. The first kappa shape index (κ1) is 17.2. The molecule has 2 aliphatic heterocycles. The van der Waals surface area contributed by atoms with Crippen molar-refractivity contribution in [1.29, 1.82) is 0 Å². The number of carbonyl (C=O) groups excluding carboxylic acids is 2. The van der Waals surface area contributed by atoms with Gasteiger partial charge in [0.25, 0.3) is 5.69 Å². The minimum absolute atomic E-state index is 0.0869. The number of nitro groups is 1. The molecule has 1 atom stereocenters. The third-order valence-electron chi connectivity index (χ3n) is 3.90. The van der Waals surface area contributed by atoms with Gasteiger partial charge >= 0.3 is 5.97 Å². The van der Waals surface area contributed by atoms with Crippen LogP contribution >= 0.6 is 11.8 Å². The fraction of sp³-hybridized carbons (Fsp3) is 0.312. The third kappa shape index (κ3) is 3.02. The highest BCUT2D eigenvalue weighted by Gasteiger charge is 2.40. The number of hydrogen-bond donors (Lipinski definition) is 0. The van der Waals surface area contributed by atoms with E-state index in [1.54, 1.807) is 26.0 Å². The predicted molar refractivity (Wildman–Crippen MR) is 91.9 cm³/mol. The lowest BCUT2D eigenvalue weighted by Crippen LogP contribution is -2.35. The highest BCUT2D eigenvalue weighted by atomic mass is 32.2. The van der Waals surface area contributed by atoms with Crippen molar-refractivity contribution in [1.82, 2.24) is 4.90 Å². The molecule has 0 radical (unpaired) electrons. The van der Waals surface area contributed by atoms with E-state index < -0.39 is 16.9 Å². The minimum atomic E-state index is -0.747. The molecule has 0 saturated carbocycles. The van der Waals surface area contributed by atoms with Gasteiger partial charge in [-0.1, -0.05) is 23.9 Å². The summed E-state index contributed by atoms with van der Waals surface area (Å²) >= 11 is 1.28. The number of ether oxygens (including phenoxy) is 1. The number of benzene rings is 1. The van der Waals surface area contributed by atoms with Crippen LogP contribution in [0.1, 0.15) is 25.5 Å². The standard InChI is InChI=1S/C16H15N3O5S/c1-3-24-15(21)13-9(2)18-12(20)8-25-16(18)17-14(13)10-5-4-6-11(7-10)19(22)23/h4-7,14H,3,8H2,1-2H3/t14-/m0/s1. The summed E-state index contributed by atoms with van der Waals surface area (Å²) in [4.78, 5) is 41.0. The molecule has 130 valence electrons. The number of nitro benzene ring substituents is 1. The second-order valence-corrected chi connectivity index (χ2v) is 6.35. The van der Waals surface area contributed by atoms with Crippen LogP contribution in [0.15, 0.2) is 40.5 Å². The van der Waals surface area contributed by atoms with Crippen molar-refractivity contribution < 1.29 is 19.2 Å². The van der Waals surface area contributed by atoms with Crippen molar-refractivity contribution in [2.75, 3.05) is 12.4 Å². The summed E-state index contributed by atoms with van der Waals surface area (Å²) < 4.78 is 5.12. The van der Waals surface area contributed by atoms with E-state index >= 15 is 0 Å². The molecule has 0 N–H and O–H groups in total. The number of non-ortho nitro benzene ring substituents is 1. The number of amidine groups is 1. The summed E-state index contributed by atoms with van der Waals surface area (Å²) in [6.07, 6.45) is 0. The van der Waals surface area contributed by atoms with Gasteiger partial charge in [0, 0.05) is 17.8 Å². The van der Waals surface area contributed by atoms with Gasteiger partial charge in [-0.05, 0) is 19.4 Å². The maximum atomic E-state index is 12.5. The highest BCUT2D eigenvalue weighted by Crippen LogP contribution is 2.40. The van der Waals surface area contributed by atoms with E-state index in [4.69, 9.17) is 4.74 Å². The molecule has 1 saturated heterocycles. The minimum Gasteiger partial charge on any atom is -0.463 e. The molecule has 2 aliphatic rings. The summed E-state index contributed by atoms with van der Waals surface area (Å²) in [5.41, 5.74) is 1.09. The number of amides is 1. The summed E-state index contributed by atoms with van der Waals surface area (Å²) in [6, 6.07) is 5.23. The smallest absolute Gasteiger partial charge is 0.338 e. The normalized spacial score (nSPS) is 19.6. The Morgan fingerprint density at radius 2 is 2.28 bits per heavy atom. The van der Waals surface area contributed by atoms with Gasteiger partial charge in [-0.3, -0.25) is 19.8 Å². The SMILES string of the molecule is CCOC(=O)C1=C(C)N2C(=O)CSC2=N[C@H]1c1cccc([N+](=O)[O-])c1. The molecule has 0 aromatic heterocycles.